The monoisotopic (exact) mass is 420 g/mol. The average Bonchev–Trinajstić information content (AvgIpc) is 2.83. The molecule has 0 spiro atoms. The summed E-state index contributed by atoms with van der Waals surface area (Å²) in [5, 5.41) is 0. The Morgan fingerprint density at radius 2 is 1.97 bits per heavy atom. The van der Waals surface area contributed by atoms with E-state index in [1.807, 2.05) is 18.2 Å². The van der Waals surface area contributed by atoms with Crippen LogP contribution in [0.2, 0.25) is 0 Å². The molecule has 1 amide bonds. The zero-order chi connectivity index (χ0) is 21.6. The van der Waals surface area contributed by atoms with E-state index in [2.05, 4.69) is 15.0 Å². The van der Waals surface area contributed by atoms with Gasteiger partial charge in [-0.1, -0.05) is 6.07 Å². The Morgan fingerprint density at radius 1 is 1.16 bits per heavy atom. The van der Waals surface area contributed by atoms with Crippen molar-refractivity contribution in [2.75, 3.05) is 26.8 Å². The number of aromatic nitrogens is 3. The molecule has 1 aliphatic rings. The SMILES string of the molecule is COc1ccc(OCC(=O)N2CCCC(c3nc(-c4ccccn4)cc(=O)[nH]3)C2)cc1. The van der Waals surface area contributed by atoms with Crippen LogP contribution in [0.4, 0.5) is 0 Å². The number of methoxy groups -OCH3 is 1. The number of likely N-dealkylation sites (tertiary alicyclic amines) is 1. The Morgan fingerprint density at radius 3 is 2.71 bits per heavy atom. The molecule has 3 aromatic rings. The van der Waals surface area contributed by atoms with Crippen molar-refractivity contribution in [2.45, 2.75) is 18.8 Å². The number of piperidine rings is 1. The van der Waals surface area contributed by atoms with Crippen LogP contribution in [0.5, 0.6) is 11.5 Å². The number of rotatable bonds is 6. The maximum Gasteiger partial charge on any atom is 0.260 e. The number of carbonyl (C=O) groups excluding carboxylic acids is 1. The van der Waals surface area contributed by atoms with Crippen LogP contribution in [-0.2, 0) is 4.79 Å². The molecule has 1 fully saturated rings. The first-order valence-corrected chi connectivity index (χ1v) is 10.2. The van der Waals surface area contributed by atoms with Crippen molar-refractivity contribution < 1.29 is 14.3 Å². The molecule has 2 aromatic heterocycles. The lowest BCUT2D eigenvalue weighted by atomic mass is 9.97. The first-order chi connectivity index (χ1) is 15.1. The predicted molar refractivity (Wildman–Crippen MR) is 115 cm³/mol. The van der Waals surface area contributed by atoms with Gasteiger partial charge in [-0.3, -0.25) is 14.6 Å². The molecule has 0 bridgehead atoms. The Hall–Kier alpha value is -3.68. The number of nitrogens with zero attached hydrogens (tertiary/aromatic N) is 3. The van der Waals surface area contributed by atoms with E-state index in [0.717, 1.165) is 18.6 Å². The topological polar surface area (TPSA) is 97.4 Å². The largest absolute Gasteiger partial charge is 0.497 e. The maximum absolute atomic E-state index is 12.7. The van der Waals surface area contributed by atoms with E-state index in [1.54, 1.807) is 42.5 Å². The highest BCUT2D eigenvalue weighted by molar-refractivity contribution is 5.78. The molecule has 1 aromatic carbocycles. The first kappa shape index (κ1) is 20.6. The summed E-state index contributed by atoms with van der Waals surface area (Å²) in [5.41, 5.74) is 0.953. The second kappa shape index (κ2) is 9.42. The van der Waals surface area contributed by atoms with Crippen LogP contribution in [0.25, 0.3) is 11.4 Å². The Balaban J connectivity index is 1.42. The summed E-state index contributed by atoms with van der Waals surface area (Å²) < 4.78 is 10.8. The number of hydrogen-bond acceptors (Lipinski definition) is 6. The van der Waals surface area contributed by atoms with Crippen LogP contribution in [0, 0.1) is 0 Å². The van der Waals surface area contributed by atoms with Gasteiger partial charge < -0.3 is 19.4 Å². The lowest BCUT2D eigenvalue weighted by Crippen LogP contribution is -2.42. The van der Waals surface area contributed by atoms with E-state index in [4.69, 9.17) is 9.47 Å². The molecule has 160 valence electrons. The van der Waals surface area contributed by atoms with Crippen molar-refractivity contribution in [3.8, 4) is 22.9 Å². The highest BCUT2D eigenvalue weighted by Crippen LogP contribution is 2.25. The Kier molecular flexibility index (Phi) is 6.26. The molecule has 1 aliphatic heterocycles. The van der Waals surface area contributed by atoms with Gasteiger partial charge in [0.2, 0.25) is 0 Å². The van der Waals surface area contributed by atoms with Crippen LogP contribution in [0.3, 0.4) is 0 Å². The number of benzene rings is 1. The first-order valence-electron chi connectivity index (χ1n) is 10.2. The maximum atomic E-state index is 12.7. The number of aromatic amines is 1. The summed E-state index contributed by atoms with van der Waals surface area (Å²) in [6.45, 7) is 1.10. The van der Waals surface area contributed by atoms with Gasteiger partial charge in [0.1, 0.15) is 17.3 Å². The van der Waals surface area contributed by atoms with Gasteiger partial charge in [0, 0.05) is 31.3 Å². The van der Waals surface area contributed by atoms with E-state index in [0.29, 0.717) is 36.1 Å². The van der Waals surface area contributed by atoms with E-state index in [9.17, 15) is 9.59 Å². The molecule has 4 rings (SSSR count). The summed E-state index contributed by atoms with van der Waals surface area (Å²) in [5.74, 6) is 1.78. The molecule has 1 atom stereocenters. The zero-order valence-electron chi connectivity index (χ0n) is 17.3. The summed E-state index contributed by atoms with van der Waals surface area (Å²) in [6, 6.07) is 14.0. The molecule has 3 heterocycles. The predicted octanol–water partition coefficient (Wildman–Crippen LogP) is 2.63. The van der Waals surface area contributed by atoms with Gasteiger partial charge in [-0.15, -0.1) is 0 Å². The smallest absolute Gasteiger partial charge is 0.260 e. The van der Waals surface area contributed by atoms with Crippen LogP contribution < -0.4 is 15.0 Å². The zero-order valence-corrected chi connectivity index (χ0v) is 17.3. The molecule has 8 nitrogen and oxygen atoms in total. The van der Waals surface area contributed by atoms with E-state index in [-0.39, 0.29) is 24.0 Å². The van der Waals surface area contributed by atoms with Crippen molar-refractivity contribution in [3.05, 3.63) is 70.9 Å². The Bertz CT molecular complexity index is 1080. The normalized spacial score (nSPS) is 16.0. The van der Waals surface area contributed by atoms with Gasteiger partial charge in [0.25, 0.3) is 11.5 Å². The fraction of sp³-hybridized carbons (Fsp3) is 0.304. The van der Waals surface area contributed by atoms with Crippen molar-refractivity contribution in [3.63, 3.8) is 0 Å². The second-order valence-corrected chi connectivity index (χ2v) is 7.37. The van der Waals surface area contributed by atoms with Gasteiger partial charge in [-0.2, -0.15) is 0 Å². The van der Waals surface area contributed by atoms with Crippen LogP contribution >= 0.6 is 0 Å². The fourth-order valence-electron chi connectivity index (χ4n) is 3.65. The number of nitrogens with one attached hydrogen (secondary N) is 1. The minimum absolute atomic E-state index is 0.0447. The third-order valence-corrected chi connectivity index (χ3v) is 5.27. The number of amides is 1. The number of H-pyrrole nitrogens is 1. The third kappa shape index (κ3) is 5.09. The molecular formula is C23H24N4O4. The molecule has 8 heteroatoms. The number of pyridine rings is 1. The van der Waals surface area contributed by atoms with Gasteiger partial charge in [-0.25, -0.2) is 4.98 Å². The number of hydrogen-bond donors (Lipinski definition) is 1. The van der Waals surface area contributed by atoms with E-state index in [1.165, 1.54) is 6.07 Å². The Labute approximate surface area is 179 Å². The summed E-state index contributed by atoms with van der Waals surface area (Å²) in [4.78, 5) is 38.4. The van der Waals surface area contributed by atoms with Crippen molar-refractivity contribution in [2.24, 2.45) is 0 Å². The molecule has 1 saturated heterocycles. The third-order valence-electron chi connectivity index (χ3n) is 5.27. The number of carbonyl (C=O) groups is 1. The van der Waals surface area contributed by atoms with E-state index >= 15 is 0 Å². The van der Waals surface area contributed by atoms with Crippen LogP contribution in [0.1, 0.15) is 24.6 Å². The summed E-state index contributed by atoms with van der Waals surface area (Å²) >= 11 is 0. The highest BCUT2D eigenvalue weighted by Gasteiger charge is 2.27. The molecule has 31 heavy (non-hydrogen) atoms. The molecule has 1 unspecified atom stereocenters. The van der Waals surface area contributed by atoms with Crippen molar-refractivity contribution >= 4 is 5.91 Å². The standard InChI is InChI=1S/C23H24N4O4/c1-30-17-7-9-18(10-8-17)31-15-22(29)27-12-4-5-16(14-27)23-25-20(13-21(28)26-23)19-6-2-3-11-24-19/h2-3,6-11,13,16H,4-5,12,14-15H2,1H3,(H,25,26,28). The van der Waals surface area contributed by atoms with Gasteiger partial charge in [0.15, 0.2) is 6.61 Å². The molecule has 0 radical (unpaired) electrons. The molecule has 0 aliphatic carbocycles. The summed E-state index contributed by atoms with van der Waals surface area (Å²) in [6.07, 6.45) is 3.34. The van der Waals surface area contributed by atoms with Gasteiger partial charge in [0.05, 0.1) is 18.5 Å². The van der Waals surface area contributed by atoms with Gasteiger partial charge in [-0.05, 0) is 49.2 Å². The lowest BCUT2D eigenvalue weighted by molar-refractivity contribution is -0.134. The second-order valence-electron chi connectivity index (χ2n) is 7.37. The van der Waals surface area contributed by atoms with Crippen molar-refractivity contribution in [1.82, 2.24) is 19.9 Å². The number of ether oxygens (including phenoxy) is 2. The minimum atomic E-state index is -0.225. The van der Waals surface area contributed by atoms with Crippen molar-refractivity contribution in [1.29, 1.82) is 0 Å². The van der Waals surface area contributed by atoms with Gasteiger partial charge >= 0.3 is 0 Å². The molecule has 1 N–H and O–H groups in total. The average molecular weight is 420 g/mol. The highest BCUT2D eigenvalue weighted by atomic mass is 16.5. The quantitative estimate of drug-likeness (QED) is 0.658. The summed E-state index contributed by atoms with van der Waals surface area (Å²) in [7, 11) is 1.60. The van der Waals surface area contributed by atoms with E-state index < -0.39 is 0 Å². The fourth-order valence-corrected chi connectivity index (χ4v) is 3.65. The van der Waals surface area contributed by atoms with Crippen LogP contribution in [0.15, 0.2) is 59.5 Å². The molecule has 0 saturated carbocycles. The minimum Gasteiger partial charge on any atom is -0.497 e. The van der Waals surface area contributed by atoms with Crippen LogP contribution in [-0.4, -0.2) is 52.6 Å². The molecular weight excluding hydrogens is 396 g/mol. The lowest BCUT2D eigenvalue weighted by Gasteiger charge is -2.32.